The normalized spacial score (nSPS) is 19.4. The molecule has 4 rings (SSSR count). The Kier molecular flexibility index (Phi) is 7.35. The molecule has 0 heterocycles. The fourth-order valence-corrected chi connectivity index (χ4v) is 6.06. The van der Waals surface area contributed by atoms with E-state index >= 15 is 0 Å². The number of hydrogen-bond acceptors (Lipinski definition) is 4. The largest absolute Gasteiger partial charge is 0.496 e. The molecule has 1 unspecified atom stereocenters. The lowest BCUT2D eigenvalue weighted by atomic mass is 9.82. The van der Waals surface area contributed by atoms with Crippen molar-refractivity contribution < 1.29 is 19.3 Å². The first-order chi connectivity index (χ1) is 15.3. The van der Waals surface area contributed by atoms with Crippen LogP contribution in [-0.2, 0) is 9.78 Å². The molecule has 0 amide bonds. The Morgan fingerprint density at radius 3 is 2.23 bits per heavy atom. The first-order valence-electron chi connectivity index (χ1n) is 10.7. The lowest BCUT2D eigenvalue weighted by Crippen LogP contribution is -2.28. The van der Waals surface area contributed by atoms with Crippen LogP contribution in [0.2, 0.25) is 0 Å². The van der Waals surface area contributed by atoms with Crippen LogP contribution in [0.3, 0.4) is 0 Å². The molecule has 0 aliphatic heterocycles. The minimum absolute atomic E-state index is 0.134. The molecule has 3 aromatic rings. The number of rotatable bonds is 7. The van der Waals surface area contributed by atoms with Gasteiger partial charge in [-0.1, -0.05) is 85.6 Å². The molecule has 1 saturated carbocycles. The Bertz CT molecular complexity index is 977. The Morgan fingerprint density at radius 1 is 0.839 bits per heavy atom. The molecular weight excluding hydrogens is 407 g/mol. The zero-order chi connectivity index (χ0) is 21.5. The Balaban J connectivity index is 1.55. The van der Waals surface area contributed by atoms with Crippen molar-refractivity contribution >= 4 is 24.2 Å². The minimum atomic E-state index is -1.45. The lowest BCUT2D eigenvalue weighted by molar-refractivity contribution is -0.275. The van der Waals surface area contributed by atoms with E-state index in [0.29, 0.717) is 5.75 Å². The summed E-state index contributed by atoms with van der Waals surface area (Å²) in [5.74, 6) is 0.909. The smallest absolute Gasteiger partial charge is 0.370 e. The van der Waals surface area contributed by atoms with Crippen molar-refractivity contribution in [1.29, 1.82) is 0 Å². The van der Waals surface area contributed by atoms with Gasteiger partial charge in [-0.05, 0) is 35.8 Å². The van der Waals surface area contributed by atoms with Gasteiger partial charge in [0.2, 0.25) is 0 Å². The van der Waals surface area contributed by atoms with Gasteiger partial charge in [-0.25, -0.2) is 4.79 Å². The SMILES string of the molecule is COc1ccccc1P(C(=O)OO[C@H]1CCCC[C@@H]1c1ccccc1)c1ccccc1. The molecule has 3 atom stereocenters. The molecule has 0 saturated heterocycles. The number of carbonyl (C=O) groups excluding carboxylic acids is 1. The molecule has 0 radical (unpaired) electrons. The fraction of sp³-hybridized carbons (Fsp3) is 0.269. The van der Waals surface area contributed by atoms with Crippen molar-refractivity contribution in [2.75, 3.05) is 7.11 Å². The lowest BCUT2D eigenvalue weighted by Gasteiger charge is -2.30. The maximum Gasteiger partial charge on any atom is 0.370 e. The zero-order valence-electron chi connectivity index (χ0n) is 17.6. The molecule has 3 aromatic carbocycles. The van der Waals surface area contributed by atoms with E-state index in [2.05, 4.69) is 12.1 Å². The average Bonchev–Trinajstić information content (AvgIpc) is 2.84. The Hall–Kier alpha value is -2.68. The minimum Gasteiger partial charge on any atom is -0.496 e. The van der Waals surface area contributed by atoms with Crippen LogP contribution in [0.1, 0.15) is 37.2 Å². The summed E-state index contributed by atoms with van der Waals surface area (Å²) >= 11 is 0. The van der Waals surface area contributed by atoms with Gasteiger partial charge in [-0.2, -0.15) is 4.89 Å². The van der Waals surface area contributed by atoms with Gasteiger partial charge in [0.05, 0.1) is 15.0 Å². The van der Waals surface area contributed by atoms with E-state index in [1.165, 1.54) is 5.56 Å². The van der Waals surface area contributed by atoms with E-state index in [-0.39, 0.29) is 17.7 Å². The van der Waals surface area contributed by atoms with E-state index < -0.39 is 7.92 Å². The predicted molar refractivity (Wildman–Crippen MR) is 125 cm³/mol. The van der Waals surface area contributed by atoms with Gasteiger partial charge >= 0.3 is 5.71 Å². The molecule has 1 fully saturated rings. The van der Waals surface area contributed by atoms with E-state index in [9.17, 15) is 4.79 Å². The molecular formula is C26H27O4P. The van der Waals surface area contributed by atoms with Gasteiger partial charge in [-0.3, -0.25) is 4.89 Å². The van der Waals surface area contributed by atoms with Crippen LogP contribution in [0, 0.1) is 0 Å². The van der Waals surface area contributed by atoms with Crippen LogP contribution in [-0.4, -0.2) is 18.9 Å². The highest BCUT2D eigenvalue weighted by molar-refractivity contribution is 7.87. The first kappa shape index (κ1) is 21.5. The third-order valence-corrected chi connectivity index (χ3v) is 7.80. The summed E-state index contributed by atoms with van der Waals surface area (Å²) in [6.45, 7) is 0. The van der Waals surface area contributed by atoms with Crippen LogP contribution < -0.4 is 15.3 Å². The molecule has 1 aliphatic rings. The zero-order valence-corrected chi connectivity index (χ0v) is 18.5. The van der Waals surface area contributed by atoms with Gasteiger partial charge in [0.1, 0.15) is 11.9 Å². The molecule has 0 aromatic heterocycles. The van der Waals surface area contributed by atoms with Crippen molar-refractivity contribution in [2.24, 2.45) is 0 Å². The highest BCUT2D eigenvalue weighted by Gasteiger charge is 2.32. The molecule has 31 heavy (non-hydrogen) atoms. The Morgan fingerprint density at radius 2 is 1.48 bits per heavy atom. The van der Waals surface area contributed by atoms with Crippen molar-refractivity contribution in [1.82, 2.24) is 0 Å². The Labute approximate surface area is 184 Å². The second kappa shape index (κ2) is 10.6. The van der Waals surface area contributed by atoms with E-state index in [1.54, 1.807) is 7.11 Å². The molecule has 160 valence electrons. The number of ether oxygens (including phenoxy) is 1. The van der Waals surface area contributed by atoms with Crippen molar-refractivity contribution in [3.8, 4) is 5.75 Å². The third-order valence-electron chi connectivity index (χ3n) is 5.70. The summed E-state index contributed by atoms with van der Waals surface area (Å²) in [7, 11) is 0.171. The van der Waals surface area contributed by atoms with Crippen LogP contribution in [0.15, 0.2) is 84.9 Å². The highest BCUT2D eigenvalue weighted by Crippen LogP contribution is 2.41. The van der Waals surface area contributed by atoms with Crippen LogP contribution in [0.5, 0.6) is 5.75 Å². The van der Waals surface area contributed by atoms with Crippen molar-refractivity contribution in [3.63, 3.8) is 0 Å². The van der Waals surface area contributed by atoms with Crippen molar-refractivity contribution in [3.05, 3.63) is 90.5 Å². The molecule has 4 nitrogen and oxygen atoms in total. The molecule has 1 aliphatic carbocycles. The van der Waals surface area contributed by atoms with Gasteiger partial charge in [0, 0.05) is 11.2 Å². The van der Waals surface area contributed by atoms with E-state index in [4.69, 9.17) is 14.5 Å². The highest BCUT2D eigenvalue weighted by atomic mass is 31.1. The summed E-state index contributed by atoms with van der Waals surface area (Å²) in [6.07, 6.45) is 4.01. The summed E-state index contributed by atoms with van der Waals surface area (Å²) in [6, 6.07) is 27.7. The third kappa shape index (κ3) is 5.15. The summed E-state index contributed by atoms with van der Waals surface area (Å²) in [5, 5.41) is 1.72. The topological polar surface area (TPSA) is 44.8 Å². The standard InChI is InChI=1S/C26H27O4P/c1-28-24-18-10-11-19-25(24)31(21-14-6-3-7-15-21)26(27)30-29-23-17-9-8-16-22(23)20-12-4-2-5-13-20/h2-7,10-15,18-19,22-23H,8-9,16-17H2,1H3/t22-,23+,31?/m1/s1. The molecule has 5 heteroatoms. The van der Waals surface area contributed by atoms with Crippen LogP contribution in [0.25, 0.3) is 0 Å². The summed E-state index contributed by atoms with van der Waals surface area (Å²) in [4.78, 5) is 24.7. The number of benzene rings is 3. The number of hydrogen-bond donors (Lipinski definition) is 0. The number of para-hydroxylation sites is 1. The fourth-order valence-electron chi connectivity index (χ4n) is 4.17. The van der Waals surface area contributed by atoms with Gasteiger partial charge in [-0.15, -0.1) is 0 Å². The maximum absolute atomic E-state index is 13.3. The van der Waals surface area contributed by atoms with E-state index in [1.807, 2.05) is 72.8 Å². The van der Waals surface area contributed by atoms with Gasteiger partial charge < -0.3 is 4.74 Å². The molecule has 0 bridgehead atoms. The van der Waals surface area contributed by atoms with Gasteiger partial charge in [0.25, 0.3) is 0 Å². The molecule has 0 spiro atoms. The summed E-state index contributed by atoms with van der Waals surface area (Å²) < 4.78 is 5.53. The van der Waals surface area contributed by atoms with Crippen LogP contribution in [0.4, 0.5) is 4.79 Å². The van der Waals surface area contributed by atoms with Crippen molar-refractivity contribution in [2.45, 2.75) is 37.7 Å². The quantitative estimate of drug-likeness (QED) is 0.263. The maximum atomic E-state index is 13.3. The second-order valence-corrected chi connectivity index (χ2v) is 9.66. The monoisotopic (exact) mass is 434 g/mol. The van der Waals surface area contributed by atoms with E-state index in [0.717, 1.165) is 36.3 Å². The summed E-state index contributed by atoms with van der Waals surface area (Å²) in [5.41, 5.74) is 0.862. The first-order valence-corrected chi connectivity index (χ1v) is 12.0. The number of methoxy groups -OCH3 is 1. The van der Waals surface area contributed by atoms with Gasteiger partial charge in [0.15, 0.2) is 0 Å². The number of carbonyl (C=O) groups is 1. The predicted octanol–water partition coefficient (Wildman–Crippen LogP) is 5.92. The van der Waals surface area contributed by atoms with Crippen LogP contribution >= 0.6 is 7.92 Å². The second-order valence-electron chi connectivity index (χ2n) is 7.63. The molecule has 0 N–H and O–H groups in total. The average molecular weight is 434 g/mol.